The summed E-state index contributed by atoms with van der Waals surface area (Å²) in [5.41, 5.74) is 2.74. The fraction of sp³-hybridized carbons (Fsp3) is 0.286. The number of allylic oxidation sites excluding steroid dienone is 1. The van der Waals surface area contributed by atoms with Gasteiger partial charge in [0, 0.05) is 17.9 Å². The third kappa shape index (κ3) is 4.32. The summed E-state index contributed by atoms with van der Waals surface area (Å²) in [5, 5.41) is 6.56. The van der Waals surface area contributed by atoms with Crippen LogP contribution in [0.3, 0.4) is 0 Å². The lowest BCUT2D eigenvalue weighted by Gasteiger charge is -2.37. The van der Waals surface area contributed by atoms with Crippen LogP contribution in [0.1, 0.15) is 42.9 Å². The zero-order chi connectivity index (χ0) is 21.0. The van der Waals surface area contributed by atoms with E-state index in [0.717, 1.165) is 11.3 Å². The van der Waals surface area contributed by atoms with Gasteiger partial charge in [-0.1, -0.05) is 12.1 Å². The van der Waals surface area contributed by atoms with Crippen molar-refractivity contribution in [3.8, 4) is 0 Å². The number of anilines is 1. The number of amides is 1. The van der Waals surface area contributed by atoms with Gasteiger partial charge in [0.1, 0.15) is 0 Å². The molecule has 3 rings (SSSR count). The molecule has 8 heteroatoms. The molecule has 1 aromatic carbocycles. The van der Waals surface area contributed by atoms with Crippen LogP contribution in [0.5, 0.6) is 0 Å². The van der Waals surface area contributed by atoms with Gasteiger partial charge in [-0.05, 0) is 62.8 Å². The molecule has 0 bridgehead atoms. The molecule has 2 aromatic rings. The Labute approximate surface area is 174 Å². The van der Waals surface area contributed by atoms with Crippen molar-refractivity contribution in [1.82, 2.24) is 10.2 Å². The summed E-state index contributed by atoms with van der Waals surface area (Å²) < 4.78 is 10.4. The molecule has 1 atom stereocenters. The van der Waals surface area contributed by atoms with E-state index in [1.54, 1.807) is 31.2 Å². The first-order valence-corrected chi connectivity index (χ1v) is 9.77. The number of carbonyl (C=O) groups excluding carboxylic acids is 2. The van der Waals surface area contributed by atoms with E-state index in [0.29, 0.717) is 22.9 Å². The normalized spacial score (nSPS) is 16.4. The van der Waals surface area contributed by atoms with Crippen LogP contribution < -0.4 is 10.6 Å². The first-order valence-electron chi connectivity index (χ1n) is 9.37. The number of carbonyl (C=O) groups is 2. The standard InChI is InChI=1S/C21H23N3O4S/c1-4-24-13(3)17(20(26)27-5-2)18(23-21(24)29)14-8-10-15(11-9-14)22-19(25)16-7-6-12-28-16/h6-12,18H,4-5H2,1-3H3,(H,22,25)(H,23,29)/t18-/m1/s1. The average Bonchev–Trinajstić information content (AvgIpc) is 3.23. The van der Waals surface area contributed by atoms with E-state index >= 15 is 0 Å². The largest absolute Gasteiger partial charge is 0.463 e. The van der Waals surface area contributed by atoms with Gasteiger partial charge in [0.15, 0.2) is 10.9 Å². The van der Waals surface area contributed by atoms with Gasteiger partial charge in [0.05, 0.1) is 24.5 Å². The van der Waals surface area contributed by atoms with Gasteiger partial charge in [-0.2, -0.15) is 0 Å². The summed E-state index contributed by atoms with van der Waals surface area (Å²) in [4.78, 5) is 26.6. The minimum atomic E-state index is -0.431. The molecular weight excluding hydrogens is 390 g/mol. The van der Waals surface area contributed by atoms with Crippen LogP contribution in [0.2, 0.25) is 0 Å². The molecule has 0 saturated carbocycles. The molecule has 1 amide bonds. The highest BCUT2D eigenvalue weighted by Gasteiger charge is 2.34. The number of thiocarbonyl (C=S) groups is 1. The zero-order valence-electron chi connectivity index (χ0n) is 16.5. The maximum Gasteiger partial charge on any atom is 0.338 e. The average molecular weight is 413 g/mol. The van der Waals surface area contributed by atoms with Crippen molar-refractivity contribution in [1.29, 1.82) is 0 Å². The number of rotatable bonds is 6. The highest BCUT2D eigenvalue weighted by molar-refractivity contribution is 7.80. The SMILES string of the molecule is CCOC(=O)C1=C(C)N(CC)C(=S)N[C@@H]1c1ccc(NC(=O)c2ccco2)cc1. The molecule has 0 radical (unpaired) electrons. The molecule has 0 spiro atoms. The monoisotopic (exact) mass is 413 g/mol. The van der Waals surface area contributed by atoms with Crippen LogP contribution >= 0.6 is 12.2 Å². The Kier molecular flexibility index (Phi) is 6.33. The number of furan rings is 1. The molecule has 0 unspecified atom stereocenters. The topological polar surface area (TPSA) is 83.8 Å². The predicted molar refractivity (Wildman–Crippen MR) is 113 cm³/mol. The molecule has 1 aliphatic rings. The first kappa shape index (κ1) is 20.6. The van der Waals surface area contributed by atoms with Crippen LogP contribution in [0.15, 0.2) is 58.3 Å². The van der Waals surface area contributed by atoms with Gasteiger partial charge in [-0.3, -0.25) is 4.79 Å². The lowest BCUT2D eigenvalue weighted by molar-refractivity contribution is -0.139. The fourth-order valence-corrected chi connectivity index (χ4v) is 3.63. The minimum Gasteiger partial charge on any atom is -0.463 e. The van der Waals surface area contributed by atoms with E-state index in [1.807, 2.05) is 30.9 Å². The summed E-state index contributed by atoms with van der Waals surface area (Å²) in [6, 6.07) is 10.0. The third-order valence-electron chi connectivity index (χ3n) is 4.65. The van der Waals surface area contributed by atoms with E-state index in [-0.39, 0.29) is 24.2 Å². The van der Waals surface area contributed by atoms with Crippen LogP contribution in [0.4, 0.5) is 5.69 Å². The highest BCUT2D eigenvalue weighted by Crippen LogP contribution is 2.32. The Morgan fingerprint density at radius 1 is 1.24 bits per heavy atom. The second kappa shape index (κ2) is 8.91. The summed E-state index contributed by atoms with van der Waals surface area (Å²) in [6.07, 6.45) is 1.45. The zero-order valence-corrected chi connectivity index (χ0v) is 17.3. The lowest BCUT2D eigenvalue weighted by atomic mass is 9.95. The fourth-order valence-electron chi connectivity index (χ4n) is 3.24. The van der Waals surface area contributed by atoms with Crippen molar-refractivity contribution < 1.29 is 18.7 Å². The Morgan fingerprint density at radius 3 is 2.55 bits per heavy atom. The van der Waals surface area contributed by atoms with Crippen LogP contribution in [0, 0.1) is 0 Å². The third-order valence-corrected chi connectivity index (χ3v) is 4.99. The quantitative estimate of drug-likeness (QED) is 0.553. The summed E-state index contributed by atoms with van der Waals surface area (Å²) in [7, 11) is 0. The molecule has 0 saturated heterocycles. The first-order chi connectivity index (χ1) is 14.0. The molecule has 7 nitrogen and oxygen atoms in total. The maximum absolute atomic E-state index is 12.6. The van der Waals surface area contributed by atoms with Gasteiger partial charge >= 0.3 is 5.97 Å². The maximum atomic E-state index is 12.6. The molecule has 0 fully saturated rings. The molecule has 152 valence electrons. The smallest absolute Gasteiger partial charge is 0.338 e. The van der Waals surface area contributed by atoms with Gasteiger partial charge < -0.3 is 24.7 Å². The van der Waals surface area contributed by atoms with E-state index in [4.69, 9.17) is 21.4 Å². The van der Waals surface area contributed by atoms with E-state index in [1.165, 1.54) is 6.26 Å². The number of esters is 1. The van der Waals surface area contributed by atoms with Crippen molar-refractivity contribution >= 4 is 34.9 Å². The molecular formula is C21H23N3O4S. The molecule has 2 N–H and O–H groups in total. The van der Waals surface area contributed by atoms with Crippen LogP contribution in [-0.4, -0.2) is 35.0 Å². The van der Waals surface area contributed by atoms with Gasteiger partial charge in [0.25, 0.3) is 5.91 Å². The number of benzene rings is 1. The Morgan fingerprint density at radius 2 is 1.97 bits per heavy atom. The minimum absolute atomic E-state index is 0.233. The Balaban J connectivity index is 1.87. The van der Waals surface area contributed by atoms with E-state index < -0.39 is 6.04 Å². The highest BCUT2D eigenvalue weighted by atomic mass is 32.1. The van der Waals surface area contributed by atoms with Crippen molar-refractivity contribution in [2.45, 2.75) is 26.8 Å². The van der Waals surface area contributed by atoms with Crippen molar-refractivity contribution in [3.63, 3.8) is 0 Å². The van der Waals surface area contributed by atoms with Crippen molar-refractivity contribution in [3.05, 3.63) is 65.3 Å². The lowest BCUT2D eigenvalue weighted by Crippen LogP contribution is -2.47. The second-order valence-corrected chi connectivity index (χ2v) is 6.79. The molecule has 1 aromatic heterocycles. The Hall–Kier alpha value is -3.13. The number of hydrogen-bond acceptors (Lipinski definition) is 5. The summed E-state index contributed by atoms with van der Waals surface area (Å²) >= 11 is 5.47. The Bertz CT molecular complexity index is 935. The number of nitrogens with one attached hydrogen (secondary N) is 2. The van der Waals surface area contributed by atoms with Crippen molar-refractivity contribution in [2.24, 2.45) is 0 Å². The number of ether oxygens (including phenoxy) is 1. The van der Waals surface area contributed by atoms with E-state index in [9.17, 15) is 9.59 Å². The van der Waals surface area contributed by atoms with Crippen LogP contribution in [0.25, 0.3) is 0 Å². The molecule has 2 heterocycles. The van der Waals surface area contributed by atoms with Crippen LogP contribution in [-0.2, 0) is 9.53 Å². The number of hydrogen-bond donors (Lipinski definition) is 2. The van der Waals surface area contributed by atoms with Gasteiger partial charge in [0.2, 0.25) is 0 Å². The molecule has 0 aliphatic carbocycles. The van der Waals surface area contributed by atoms with Crippen molar-refractivity contribution in [2.75, 3.05) is 18.5 Å². The number of nitrogens with zero attached hydrogens (tertiary/aromatic N) is 1. The second-order valence-electron chi connectivity index (χ2n) is 6.40. The molecule has 29 heavy (non-hydrogen) atoms. The van der Waals surface area contributed by atoms with Gasteiger partial charge in [-0.25, -0.2) is 4.79 Å². The summed E-state index contributed by atoms with van der Waals surface area (Å²) in [6.45, 7) is 6.55. The molecule has 1 aliphatic heterocycles. The van der Waals surface area contributed by atoms with Gasteiger partial charge in [-0.15, -0.1) is 0 Å². The van der Waals surface area contributed by atoms with E-state index in [2.05, 4.69) is 10.6 Å². The summed E-state index contributed by atoms with van der Waals surface area (Å²) in [5.74, 6) is -0.476. The predicted octanol–water partition coefficient (Wildman–Crippen LogP) is 3.62.